The molecular weight excluding hydrogens is 276 g/mol. The Morgan fingerprint density at radius 3 is 2.18 bits per heavy atom. The predicted octanol–water partition coefficient (Wildman–Crippen LogP) is 4.46. The number of aryl methyl sites for hydroxylation is 2. The molecule has 4 nitrogen and oxygen atoms in total. The van der Waals surface area contributed by atoms with Crippen LogP contribution in [0.25, 0.3) is 0 Å². The van der Waals surface area contributed by atoms with Gasteiger partial charge in [0.1, 0.15) is 5.75 Å². The number of para-hydroxylation sites is 3. The van der Waals surface area contributed by atoms with Crippen LogP contribution in [0, 0.1) is 0 Å². The van der Waals surface area contributed by atoms with Gasteiger partial charge in [-0.25, -0.2) is 4.79 Å². The number of urea groups is 1. The summed E-state index contributed by atoms with van der Waals surface area (Å²) in [6, 6.07) is 13.2. The monoisotopic (exact) mass is 298 g/mol. The van der Waals surface area contributed by atoms with Crippen molar-refractivity contribution in [3.63, 3.8) is 0 Å². The lowest BCUT2D eigenvalue weighted by Gasteiger charge is -2.16. The lowest BCUT2D eigenvalue weighted by molar-refractivity contribution is 0.262. The Morgan fingerprint density at radius 2 is 1.59 bits per heavy atom. The van der Waals surface area contributed by atoms with E-state index in [0.29, 0.717) is 11.4 Å². The van der Waals surface area contributed by atoms with Gasteiger partial charge in [-0.05, 0) is 36.1 Å². The highest BCUT2D eigenvalue weighted by atomic mass is 16.5. The van der Waals surface area contributed by atoms with Crippen molar-refractivity contribution in [1.82, 2.24) is 0 Å². The zero-order valence-corrected chi connectivity index (χ0v) is 13.3. The van der Waals surface area contributed by atoms with Crippen LogP contribution >= 0.6 is 0 Å². The van der Waals surface area contributed by atoms with Gasteiger partial charge in [0.2, 0.25) is 0 Å². The third-order valence-electron chi connectivity index (χ3n) is 3.59. The topological polar surface area (TPSA) is 50.4 Å². The first kappa shape index (κ1) is 15.9. The maximum atomic E-state index is 12.3. The Hall–Kier alpha value is -2.49. The molecule has 0 saturated carbocycles. The summed E-state index contributed by atoms with van der Waals surface area (Å²) in [4.78, 5) is 12.3. The van der Waals surface area contributed by atoms with E-state index in [4.69, 9.17) is 4.74 Å². The van der Waals surface area contributed by atoms with E-state index in [-0.39, 0.29) is 6.03 Å². The number of carbonyl (C=O) groups excluding carboxylic acids is 1. The minimum atomic E-state index is -0.264. The van der Waals surface area contributed by atoms with Crippen LogP contribution in [0.15, 0.2) is 42.5 Å². The van der Waals surface area contributed by atoms with Gasteiger partial charge < -0.3 is 15.4 Å². The third-order valence-corrected chi connectivity index (χ3v) is 3.59. The molecule has 0 radical (unpaired) electrons. The van der Waals surface area contributed by atoms with Crippen LogP contribution in [0.1, 0.15) is 25.0 Å². The SMILES string of the molecule is CCc1cccc(CC)c1NC(=O)Nc1ccccc1OC. The molecule has 2 amide bonds. The van der Waals surface area contributed by atoms with Crippen LogP contribution in [0.3, 0.4) is 0 Å². The van der Waals surface area contributed by atoms with Gasteiger partial charge in [-0.1, -0.05) is 44.2 Å². The molecule has 0 aliphatic rings. The molecule has 0 aromatic heterocycles. The number of hydrogen-bond donors (Lipinski definition) is 2. The fourth-order valence-electron chi connectivity index (χ4n) is 2.42. The molecule has 0 saturated heterocycles. The molecule has 22 heavy (non-hydrogen) atoms. The van der Waals surface area contributed by atoms with Crippen molar-refractivity contribution in [3.05, 3.63) is 53.6 Å². The summed E-state index contributed by atoms with van der Waals surface area (Å²) < 4.78 is 5.24. The second kappa shape index (κ2) is 7.50. The molecule has 0 aliphatic heterocycles. The van der Waals surface area contributed by atoms with Gasteiger partial charge in [0, 0.05) is 5.69 Å². The van der Waals surface area contributed by atoms with E-state index in [1.807, 2.05) is 42.5 Å². The number of amides is 2. The minimum Gasteiger partial charge on any atom is -0.495 e. The van der Waals surface area contributed by atoms with Crippen molar-refractivity contribution >= 4 is 17.4 Å². The van der Waals surface area contributed by atoms with Crippen molar-refractivity contribution in [1.29, 1.82) is 0 Å². The van der Waals surface area contributed by atoms with E-state index in [0.717, 1.165) is 29.7 Å². The van der Waals surface area contributed by atoms with Crippen LogP contribution < -0.4 is 15.4 Å². The van der Waals surface area contributed by atoms with Crippen molar-refractivity contribution in [2.24, 2.45) is 0 Å². The van der Waals surface area contributed by atoms with Crippen molar-refractivity contribution in [3.8, 4) is 5.75 Å². The molecule has 0 unspecified atom stereocenters. The molecule has 0 atom stereocenters. The van der Waals surface area contributed by atoms with Crippen molar-refractivity contribution in [2.75, 3.05) is 17.7 Å². The Labute approximate surface area is 131 Å². The number of rotatable bonds is 5. The van der Waals surface area contributed by atoms with E-state index in [9.17, 15) is 4.79 Å². The molecule has 2 aromatic rings. The summed E-state index contributed by atoms with van der Waals surface area (Å²) in [6.07, 6.45) is 1.75. The minimum absolute atomic E-state index is 0.264. The number of ether oxygens (including phenoxy) is 1. The number of nitrogens with one attached hydrogen (secondary N) is 2. The van der Waals surface area contributed by atoms with E-state index in [1.165, 1.54) is 0 Å². The van der Waals surface area contributed by atoms with Crippen LogP contribution in [0.2, 0.25) is 0 Å². The standard InChI is InChI=1S/C18H22N2O2/c1-4-13-9-8-10-14(5-2)17(13)20-18(21)19-15-11-6-7-12-16(15)22-3/h6-12H,4-5H2,1-3H3,(H2,19,20,21). The van der Waals surface area contributed by atoms with Crippen molar-refractivity contribution < 1.29 is 9.53 Å². The molecule has 4 heteroatoms. The van der Waals surface area contributed by atoms with E-state index in [1.54, 1.807) is 7.11 Å². The molecule has 2 rings (SSSR count). The van der Waals surface area contributed by atoms with Crippen LogP contribution in [0.5, 0.6) is 5.75 Å². The molecule has 0 fully saturated rings. The van der Waals surface area contributed by atoms with Gasteiger partial charge in [0.05, 0.1) is 12.8 Å². The Bertz CT molecular complexity index is 631. The lowest BCUT2D eigenvalue weighted by atomic mass is 10.0. The largest absolute Gasteiger partial charge is 0.495 e. The maximum absolute atomic E-state index is 12.3. The fourth-order valence-corrected chi connectivity index (χ4v) is 2.42. The molecule has 116 valence electrons. The Morgan fingerprint density at radius 1 is 0.955 bits per heavy atom. The Kier molecular flexibility index (Phi) is 5.42. The highest BCUT2D eigenvalue weighted by molar-refractivity contribution is 6.01. The normalized spacial score (nSPS) is 10.1. The summed E-state index contributed by atoms with van der Waals surface area (Å²) in [7, 11) is 1.58. The summed E-state index contributed by atoms with van der Waals surface area (Å²) in [5.74, 6) is 0.636. The van der Waals surface area contributed by atoms with Gasteiger partial charge >= 0.3 is 6.03 Å². The van der Waals surface area contributed by atoms with E-state index >= 15 is 0 Å². The first-order valence-corrected chi connectivity index (χ1v) is 7.51. The second-order valence-electron chi connectivity index (χ2n) is 4.94. The molecule has 0 bridgehead atoms. The molecule has 0 aliphatic carbocycles. The number of anilines is 2. The smallest absolute Gasteiger partial charge is 0.323 e. The van der Waals surface area contributed by atoms with Gasteiger partial charge in [0.25, 0.3) is 0 Å². The zero-order chi connectivity index (χ0) is 15.9. The molecule has 0 spiro atoms. The molecule has 2 N–H and O–H groups in total. The zero-order valence-electron chi connectivity index (χ0n) is 13.3. The highest BCUT2D eigenvalue weighted by Crippen LogP contribution is 2.25. The quantitative estimate of drug-likeness (QED) is 0.856. The van der Waals surface area contributed by atoms with E-state index in [2.05, 4.69) is 24.5 Å². The van der Waals surface area contributed by atoms with Gasteiger partial charge in [-0.15, -0.1) is 0 Å². The number of carbonyl (C=O) groups is 1. The second-order valence-corrected chi connectivity index (χ2v) is 4.94. The fraction of sp³-hybridized carbons (Fsp3) is 0.278. The molecule has 0 heterocycles. The first-order chi connectivity index (χ1) is 10.7. The summed E-state index contributed by atoms with van der Waals surface area (Å²) >= 11 is 0. The number of benzene rings is 2. The summed E-state index contributed by atoms with van der Waals surface area (Å²) in [6.45, 7) is 4.16. The van der Waals surface area contributed by atoms with Crippen molar-refractivity contribution in [2.45, 2.75) is 26.7 Å². The number of methoxy groups -OCH3 is 1. The average molecular weight is 298 g/mol. The first-order valence-electron chi connectivity index (χ1n) is 7.51. The van der Waals surface area contributed by atoms with E-state index < -0.39 is 0 Å². The lowest BCUT2D eigenvalue weighted by Crippen LogP contribution is -2.21. The highest BCUT2D eigenvalue weighted by Gasteiger charge is 2.11. The molecular formula is C18H22N2O2. The van der Waals surface area contributed by atoms with Crippen LogP contribution in [0.4, 0.5) is 16.2 Å². The summed E-state index contributed by atoms with van der Waals surface area (Å²) in [5, 5.41) is 5.81. The summed E-state index contributed by atoms with van der Waals surface area (Å²) in [5.41, 5.74) is 3.82. The Balaban J connectivity index is 2.19. The maximum Gasteiger partial charge on any atom is 0.323 e. The number of hydrogen-bond acceptors (Lipinski definition) is 2. The van der Waals surface area contributed by atoms with Gasteiger partial charge in [-0.2, -0.15) is 0 Å². The van der Waals surface area contributed by atoms with Crippen LogP contribution in [-0.4, -0.2) is 13.1 Å². The molecule has 2 aromatic carbocycles. The van der Waals surface area contributed by atoms with Gasteiger partial charge in [0.15, 0.2) is 0 Å². The predicted molar refractivity (Wildman–Crippen MR) is 90.8 cm³/mol. The van der Waals surface area contributed by atoms with Crippen LogP contribution in [-0.2, 0) is 12.8 Å². The van der Waals surface area contributed by atoms with Gasteiger partial charge in [-0.3, -0.25) is 0 Å². The average Bonchev–Trinajstić information content (AvgIpc) is 2.55. The third kappa shape index (κ3) is 3.58.